The van der Waals surface area contributed by atoms with Crippen LogP contribution in [0.2, 0.25) is 0 Å². The van der Waals surface area contributed by atoms with E-state index in [1.54, 1.807) is 7.11 Å². The summed E-state index contributed by atoms with van der Waals surface area (Å²) in [7, 11) is 1.63. The lowest BCUT2D eigenvalue weighted by Crippen LogP contribution is -2.33. The molecule has 4 heteroatoms. The smallest absolute Gasteiger partial charge is 0.165 e. The van der Waals surface area contributed by atoms with Crippen molar-refractivity contribution in [3.63, 3.8) is 0 Å². The fraction of sp³-hybridized carbons (Fsp3) is 0.294. The minimum absolute atomic E-state index is 0.0883. The summed E-state index contributed by atoms with van der Waals surface area (Å²) < 4.78 is 22.4. The summed E-state index contributed by atoms with van der Waals surface area (Å²) in [6.07, 6.45) is -0.0883. The van der Waals surface area contributed by atoms with E-state index in [2.05, 4.69) is 0 Å². The van der Waals surface area contributed by atoms with E-state index in [0.717, 1.165) is 17.1 Å². The zero-order valence-electron chi connectivity index (χ0n) is 12.0. The molecule has 0 amide bonds. The first kappa shape index (κ1) is 13.8. The Balaban J connectivity index is 1.52. The maximum absolute atomic E-state index is 5.86. The van der Waals surface area contributed by atoms with E-state index >= 15 is 0 Å². The molecular formula is C17H18O4. The van der Waals surface area contributed by atoms with Gasteiger partial charge in [-0.1, -0.05) is 30.3 Å². The highest BCUT2D eigenvalue weighted by atomic mass is 16.6. The predicted molar refractivity (Wildman–Crippen MR) is 79.0 cm³/mol. The monoisotopic (exact) mass is 286 g/mol. The van der Waals surface area contributed by atoms with Gasteiger partial charge in [0.1, 0.15) is 12.4 Å². The van der Waals surface area contributed by atoms with E-state index in [0.29, 0.717) is 25.6 Å². The summed E-state index contributed by atoms with van der Waals surface area (Å²) in [6.45, 7) is 1.56. The van der Waals surface area contributed by atoms with Crippen LogP contribution in [0.15, 0.2) is 48.5 Å². The number of methoxy groups -OCH3 is 1. The molecular weight excluding hydrogens is 268 g/mol. The van der Waals surface area contributed by atoms with Gasteiger partial charge in [-0.05, 0) is 17.7 Å². The van der Waals surface area contributed by atoms with Crippen LogP contribution in [0.25, 0.3) is 0 Å². The minimum Gasteiger partial charge on any atom is -0.497 e. The van der Waals surface area contributed by atoms with Gasteiger partial charge in [-0.2, -0.15) is 0 Å². The molecule has 1 atom stereocenters. The third kappa shape index (κ3) is 3.47. The maximum atomic E-state index is 5.86. The van der Waals surface area contributed by atoms with Crippen molar-refractivity contribution in [3.8, 4) is 17.2 Å². The molecule has 1 aliphatic rings. The summed E-state index contributed by atoms with van der Waals surface area (Å²) in [4.78, 5) is 0. The van der Waals surface area contributed by atoms with Gasteiger partial charge in [-0.3, -0.25) is 0 Å². The molecule has 0 fully saturated rings. The van der Waals surface area contributed by atoms with Gasteiger partial charge in [0.05, 0.1) is 20.3 Å². The second-order valence-corrected chi connectivity index (χ2v) is 4.86. The Bertz CT molecular complexity index is 583. The van der Waals surface area contributed by atoms with E-state index in [-0.39, 0.29) is 6.10 Å². The zero-order valence-corrected chi connectivity index (χ0v) is 12.0. The quantitative estimate of drug-likeness (QED) is 0.846. The van der Waals surface area contributed by atoms with Crippen molar-refractivity contribution in [2.24, 2.45) is 0 Å². The Morgan fingerprint density at radius 1 is 1.10 bits per heavy atom. The van der Waals surface area contributed by atoms with Crippen LogP contribution < -0.4 is 14.2 Å². The molecule has 1 heterocycles. The minimum atomic E-state index is -0.0883. The Labute approximate surface area is 124 Å². The van der Waals surface area contributed by atoms with Crippen LogP contribution in [-0.4, -0.2) is 26.4 Å². The molecule has 4 nitrogen and oxygen atoms in total. The Hall–Kier alpha value is -2.20. The van der Waals surface area contributed by atoms with Crippen molar-refractivity contribution in [1.29, 1.82) is 0 Å². The summed E-state index contributed by atoms with van der Waals surface area (Å²) in [5, 5.41) is 0. The highest BCUT2D eigenvalue weighted by Gasteiger charge is 2.21. The van der Waals surface area contributed by atoms with E-state index in [4.69, 9.17) is 18.9 Å². The lowest BCUT2D eigenvalue weighted by Gasteiger charge is -2.26. The molecule has 3 rings (SSSR count). The topological polar surface area (TPSA) is 36.9 Å². The molecule has 0 unspecified atom stereocenters. The summed E-state index contributed by atoms with van der Waals surface area (Å²) in [6, 6.07) is 15.6. The van der Waals surface area contributed by atoms with Crippen LogP contribution in [0.4, 0.5) is 0 Å². The van der Waals surface area contributed by atoms with Crippen LogP contribution in [0.3, 0.4) is 0 Å². The average molecular weight is 286 g/mol. The normalized spacial score (nSPS) is 16.5. The van der Waals surface area contributed by atoms with E-state index in [9.17, 15) is 0 Å². The Kier molecular flexibility index (Phi) is 4.26. The highest BCUT2D eigenvalue weighted by molar-refractivity contribution is 5.46. The van der Waals surface area contributed by atoms with Crippen molar-refractivity contribution in [2.45, 2.75) is 12.7 Å². The second kappa shape index (κ2) is 6.50. The van der Waals surface area contributed by atoms with Crippen molar-refractivity contribution in [2.75, 3.05) is 20.3 Å². The number of ether oxygens (including phenoxy) is 4. The summed E-state index contributed by atoms with van der Waals surface area (Å²) in [5.74, 6) is 2.21. The Morgan fingerprint density at radius 3 is 2.76 bits per heavy atom. The Morgan fingerprint density at radius 2 is 1.95 bits per heavy atom. The SMILES string of the molecule is COc1ccc2c(c1)OC[C@@H](COCc1ccccc1)O2. The van der Waals surface area contributed by atoms with Gasteiger partial charge in [-0.15, -0.1) is 0 Å². The van der Waals surface area contributed by atoms with Gasteiger partial charge in [0.15, 0.2) is 17.6 Å². The first-order valence-corrected chi connectivity index (χ1v) is 6.94. The van der Waals surface area contributed by atoms with Crippen LogP contribution in [0.1, 0.15) is 5.56 Å². The third-order valence-electron chi connectivity index (χ3n) is 3.28. The zero-order chi connectivity index (χ0) is 14.5. The average Bonchev–Trinajstić information content (AvgIpc) is 2.55. The molecule has 2 aromatic carbocycles. The van der Waals surface area contributed by atoms with Crippen LogP contribution in [0, 0.1) is 0 Å². The number of hydrogen-bond donors (Lipinski definition) is 0. The van der Waals surface area contributed by atoms with Gasteiger partial charge in [-0.25, -0.2) is 0 Å². The first-order valence-electron chi connectivity index (χ1n) is 6.94. The van der Waals surface area contributed by atoms with Crippen LogP contribution >= 0.6 is 0 Å². The lowest BCUT2D eigenvalue weighted by atomic mass is 10.2. The van der Waals surface area contributed by atoms with Gasteiger partial charge in [0.2, 0.25) is 0 Å². The van der Waals surface area contributed by atoms with Crippen LogP contribution in [-0.2, 0) is 11.3 Å². The molecule has 0 saturated carbocycles. The van der Waals surface area contributed by atoms with Crippen LogP contribution in [0.5, 0.6) is 17.2 Å². The fourth-order valence-electron chi connectivity index (χ4n) is 2.19. The third-order valence-corrected chi connectivity index (χ3v) is 3.28. The molecule has 0 N–H and O–H groups in total. The molecule has 110 valence electrons. The molecule has 0 saturated heterocycles. The molecule has 0 aromatic heterocycles. The number of rotatable bonds is 5. The largest absolute Gasteiger partial charge is 0.497 e. The number of fused-ring (bicyclic) bond motifs is 1. The van der Waals surface area contributed by atoms with E-state index in [1.807, 2.05) is 48.5 Å². The molecule has 0 bridgehead atoms. The highest BCUT2D eigenvalue weighted by Crippen LogP contribution is 2.34. The summed E-state index contributed by atoms with van der Waals surface area (Å²) in [5.41, 5.74) is 1.15. The van der Waals surface area contributed by atoms with Gasteiger partial charge in [0, 0.05) is 6.07 Å². The molecule has 0 radical (unpaired) electrons. The second-order valence-electron chi connectivity index (χ2n) is 4.86. The first-order chi connectivity index (χ1) is 10.3. The molecule has 0 spiro atoms. The molecule has 2 aromatic rings. The van der Waals surface area contributed by atoms with Crippen molar-refractivity contribution in [3.05, 3.63) is 54.1 Å². The predicted octanol–water partition coefficient (Wildman–Crippen LogP) is 3.05. The molecule has 21 heavy (non-hydrogen) atoms. The number of benzene rings is 2. The van der Waals surface area contributed by atoms with Crippen molar-refractivity contribution < 1.29 is 18.9 Å². The maximum Gasteiger partial charge on any atom is 0.165 e. The van der Waals surface area contributed by atoms with E-state index < -0.39 is 0 Å². The molecule has 0 aliphatic carbocycles. The summed E-state index contributed by atoms with van der Waals surface area (Å²) >= 11 is 0. The van der Waals surface area contributed by atoms with Gasteiger partial charge in [0.25, 0.3) is 0 Å². The fourth-order valence-corrected chi connectivity index (χ4v) is 2.19. The van der Waals surface area contributed by atoms with Crippen molar-refractivity contribution in [1.82, 2.24) is 0 Å². The molecule has 1 aliphatic heterocycles. The lowest BCUT2D eigenvalue weighted by molar-refractivity contribution is 0.00261. The van der Waals surface area contributed by atoms with Gasteiger partial charge >= 0.3 is 0 Å². The van der Waals surface area contributed by atoms with Crippen molar-refractivity contribution >= 4 is 0 Å². The number of hydrogen-bond acceptors (Lipinski definition) is 4. The van der Waals surface area contributed by atoms with Gasteiger partial charge < -0.3 is 18.9 Å². The standard InChI is InChI=1S/C17H18O4/c1-18-14-7-8-16-17(9-14)20-12-15(21-16)11-19-10-13-5-3-2-4-6-13/h2-9,15H,10-12H2,1H3/t15-/m1/s1. The van der Waals surface area contributed by atoms with E-state index in [1.165, 1.54) is 0 Å².